The van der Waals surface area contributed by atoms with Crippen LogP contribution in [0.15, 0.2) is 30.5 Å². The average Bonchev–Trinajstić information content (AvgIpc) is 3.07. The number of benzene rings is 1. The van der Waals surface area contributed by atoms with Crippen LogP contribution in [0.3, 0.4) is 0 Å². The van der Waals surface area contributed by atoms with E-state index in [0.29, 0.717) is 22.7 Å². The largest absolute Gasteiger partial charge is 0.459 e. The normalized spacial score (nSPS) is 17.9. The van der Waals surface area contributed by atoms with Crippen molar-refractivity contribution in [2.75, 3.05) is 13.2 Å². The van der Waals surface area contributed by atoms with Crippen LogP contribution < -0.4 is 0 Å². The standard InChI is InChI=1S/C17H16ClF3N2O3/c18-11-4-6-12(7-5-11)23-15(17(19,20)21)14(9-22-23)16(24)26-10-13-3-1-2-8-25-13/h4-7,9,13H,1-3,8,10H2. The first kappa shape index (κ1) is 18.7. The van der Waals surface area contributed by atoms with Crippen LogP contribution in [0.5, 0.6) is 0 Å². The fourth-order valence-electron chi connectivity index (χ4n) is 2.73. The summed E-state index contributed by atoms with van der Waals surface area (Å²) in [5.74, 6) is -1.08. The SMILES string of the molecule is O=C(OCC1CCCCO1)c1cnn(-c2ccc(Cl)cc2)c1C(F)(F)F. The van der Waals surface area contributed by atoms with Crippen molar-refractivity contribution in [1.82, 2.24) is 9.78 Å². The summed E-state index contributed by atoms with van der Waals surface area (Å²) in [5, 5.41) is 4.10. The fraction of sp³-hybridized carbons (Fsp3) is 0.412. The van der Waals surface area contributed by atoms with Crippen molar-refractivity contribution in [3.63, 3.8) is 0 Å². The Morgan fingerprint density at radius 3 is 2.65 bits per heavy atom. The number of nitrogens with zero attached hydrogens (tertiary/aromatic N) is 2. The number of carbonyl (C=O) groups excluding carboxylic acids is 1. The summed E-state index contributed by atoms with van der Waals surface area (Å²) in [5.41, 5.74) is -1.69. The van der Waals surface area contributed by atoms with E-state index < -0.39 is 23.4 Å². The minimum Gasteiger partial charge on any atom is -0.459 e. The second kappa shape index (κ2) is 7.67. The first-order valence-electron chi connectivity index (χ1n) is 8.06. The maximum atomic E-state index is 13.5. The smallest absolute Gasteiger partial charge is 0.434 e. The second-order valence-corrected chi connectivity index (χ2v) is 6.32. The molecule has 0 spiro atoms. The summed E-state index contributed by atoms with van der Waals surface area (Å²) >= 11 is 5.76. The number of alkyl halides is 3. The molecule has 1 unspecified atom stereocenters. The first-order valence-corrected chi connectivity index (χ1v) is 8.44. The Morgan fingerprint density at radius 2 is 2.04 bits per heavy atom. The second-order valence-electron chi connectivity index (χ2n) is 5.88. The molecule has 0 bridgehead atoms. The van der Waals surface area contributed by atoms with E-state index in [1.165, 1.54) is 24.3 Å². The zero-order chi connectivity index (χ0) is 18.7. The molecule has 1 aromatic carbocycles. The van der Waals surface area contributed by atoms with Gasteiger partial charge in [0.2, 0.25) is 0 Å². The lowest BCUT2D eigenvalue weighted by Gasteiger charge is -2.22. The van der Waals surface area contributed by atoms with Gasteiger partial charge >= 0.3 is 12.1 Å². The molecule has 1 aliphatic heterocycles. The highest BCUT2D eigenvalue weighted by atomic mass is 35.5. The predicted octanol–water partition coefficient (Wildman–Crippen LogP) is 4.27. The van der Waals surface area contributed by atoms with Crippen molar-refractivity contribution in [2.24, 2.45) is 0 Å². The maximum absolute atomic E-state index is 13.5. The van der Waals surface area contributed by atoms with Crippen LogP contribution in [0, 0.1) is 0 Å². The van der Waals surface area contributed by atoms with Gasteiger partial charge in [0, 0.05) is 11.6 Å². The van der Waals surface area contributed by atoms with Crippen LogP contribution in [0.4, 0.5) is 13.2 Å². The van der Waals surface area contributed by atoms with Crippen LogP contribution in [0.25, 0.3) is 5.69 Å². The molecule has 1 fully saturated rings. The summed E-state index contributed by atoms with van der Waals surface area (Å²) in [6.07, 6.45) is -1.63. The number of esters is 1. The number of rotatable bonds is 4. The molecular weight excluding hydrogens is 373 g/mol. The third kappa shape index (κ3) is 4.19. The van der Waals surface area contributed by atoms with Gasteiger partial charge in [0.15, 0.2) is 5.69 Å². The molecule has 1 aromatic heterocycles. The van der Waals surface area contributed by atoms with E-state index in [0.717, 1.165) is 19.0 Å². The van der Waals surface area contributed by atoms with Crippen molar-refractivity contribution >= 4 is 17.6 Å². The van der Waals surface area contributed by atoms with Gasteiger partial charge < -0.3 is 9.47 Å². The lowest BCUT2D eigenvalue weighted by atomic mass is 10.1. The van der Waals surface area contributed by atoms with Crippen molar-refractivity contribution in [2.45, 2.75) is 31.5 Å². The molecule has 0 amide bonds. The third-order valence-electron chi connectivity index (χ3n) is 4.00. The fourth-order valence-corrected chi connectivity index (χ4v) is 2.86. The summed E-state index contributed by atoms with van der Waals surface area (Å²) in [4.78, 5) is 12.2. The Bertz CT molecular complexity index is 769. The molecule has 9 heteroatoms. The van der Waals surface area contributed by atoms with Gasteiger partial charge in [-0.05, 0) is 43.5 Å². The predicted molar refractivity (Wildman–Crippen MR) is 87.4 cm³/mol. The Kier molecular flexibility index (Phi) is 5.52. The lowest BCUT2D eigenvalue weighted by Crippen LogP contribution is -2.26. The third-order valence-corrected chi connectivity index (χ3v) is 4.26. The Balaban J connectivity index is 1.84. The molecule has 1 aliphatic rings. The monoisotopic (exact) mass is 388 g/mol. The van der Waals surface area contributed by atoms with Gasteiger partial charge in [-0.15, -0.1) is 0 Å². The number of carbonyl (C=O) groups is 1. The van der Waals surface area contributed by atoms with Gasteiger partial charge in [-0.1, -0.05) is 11.6 Å². The van der Waals surface area contributed by atoms with Crippen LogP contribution in [0.1, 0.15) is 35.3 Å². The van der Waals surface area contributed by atoms with E-state index in [2.05, 4.69) is 5.10 Å². The number of hydrogen-bond acceptors (Lipinski definition) is 4. The number of ether oxygens (including phenoxy) is 2. The molecule has 0 aliphatic carbocycles. The Labute approximate surface area is 152 Å². The Morgan fingerprint density at radius 1 is 1.31 bits per heavy atom. The average molecular weight is 389 g/mol. The molecule has 1 atom stereocenters. The van der Waals surface area contributed by atoms with Gasteiger partial charge in [-0.25, -0.2) is 9.48 Å². The van der Waals surface area contributed by atoms with E-state index in [1.807, 2.05) is 0 Å². The van der Waals surface area contributed by atoms with E-state index in [9.17, 15) is 18.0 Å². The quantitative estimate of drug-likeness (QED) is 0.734. The van der Waals surface area contributed by atoms with Crippen LogP contribution in [0.2, 0.25) is 5.02 Å². The Hall–Kier alpha value is -2.06. The highest BCUT2D eigenvalue weighted by molar-refractivity contribution is 6.30. The highest BCUT2D eigenvalue weighted by Gasteiger charge is 2.41. The topological polar surface area (TPSA) is 53.4 Å². The van der Waals surface area contributed by atoms with Crippen LogP contribution in [-0.2, 0) is 15.7 Å². The van der Waals surface area contributed by atoms with E-state index in [-0.39, 0.29) is 18.4 Å². The first-order chi connectivity index (χ1) is 12.4. The van der Waals surface area contributed by atoms with E-state index in [4.69, 9.17) is 21.1 Å². The summed E-state index contributed by atoms with van der Waals surface area (Å²) in [7, 11) is 0. The molecule has 0 saturated carbocycles. The van der Waals surface area contributed by atoms with Crippen molar-refractivity contribution in [3.8, 4) is 5.69 Å². The van der Waals surface area contributed by atoms with Gasteiger partial charge in [0.05, 0.1) is 18.0 Å². The molecule has 2 heterocycles. The minimum absolute atomic E-state index is 0.0811. The highest BCUT2D eigenvalue weighted by Crippen LogP contribution is 2.34. The number of hydrogen-bond donors (Lipinski definition) is 0. The molecule has 0 radical (unpaired) electrons. The molecule has 1 saturated heterocycles. The van der Waals surface area contributed by atoms with Crippen molar-refractivity contribution in [1.29, 1.82) is 0 Å². The zero-order valence-electron chi connectivity index (χ0n) is 13.6. The number of halogens is 4. The van der Waals surface area contributed by atoms with E-state index in [1.54, 1.807) is 0 Å². The molecule has 0 N–H and O–H groups in total. The molecule has 26 heavy (non-hydrogen) atoms. The summed E-state index contributed by atoms with van der Waals surface area (Å²) < 4.78 is 51.7. The van der Waals surface area contributed by atoms with Crippen molar-refractivity contribution in [3.05, 3.63) is 46.7 Å². The summed E-state index contributed by atoms with van der Waals surface area (Å²) in [6.45, 7) is 0.479. The molecule has 2 aromatic rings. The van der Waals surface area contributed by atoms with Crippen molar-refractivity contribution < 1.29 is 27.4 Å². The summed E-state index contributed by atoms with van der Waals surface area (Å²) in [6, 6.07) is 5.65. The van der Waals surface area contributed by atoms with Gasteiger partial charge in [0.1, 0.15) is 12.2 Å². The minimum atomic E-state index is -4.79. The zero-order valence-corrected chi connectivity index (χ0v) is 14.4. The van der Waals surface area contributed by atoms with Gasteiger partial charge in [-0.3, -0.25) is 0 Å². The van der Waals surface area contributed by atoms with E-state index >= 15 is 0 Å². The van der Waals surface area contributed by atoms with Gasteiger partial charge in [-0.2, -0.15) is 18.3 Å². The van der Waals surface area contributed by atoms with Crippen LogP contribution >= 0.6 is 11.6 Å². The molecule has 140 valence electrons. The number of aromatic nitrogens is 2. The van der Waals surface area contributed by atoms with Crippen LogP contribution in [-0.4, -0.2) is 35.1 Å². The molecular formula is C17H16ClF3N2O3. The molecule has 3 rings (SSSR count). The molecule has 5 nitrogen and oxygen atoms in total. The maximum Gasteiger partial charge on any atom is 0.434 e. The van der Waals surface area contributed by atoms with Gasteiger partial charge in [0.25, 0.3) is 0 Å². The lowest BCUT2D eigenvalue weighted by molar-refractivity contribution is -0.143.